The van der Waals surface area contributed by atoms with Crippen LogP contribution in [-0.2, 0) is 43.4 Å². The van der Waals surface area contributed by atoms with Crippen molar-refractivity contribution in [3.8, 4) is 34.5 Å². The molecule has 6 atom stereocenters. The van der Waals surface area contributed by atoms with Crippen molar-refractivity contribution in [3.63, 3.8) is 0 Å². The largest absolute Gasteiger partial charge is 0.494 e. The second kappa shape index (κ2) is 17.1. The standard InChI is InChI=1S/C57H60N12O6/c1-64-50-40(61-54(64)41-20-33-6-5-12-59-52(33)67(41)26-30-7-8-30)19-36(23-46(50)73-4)57(71)69-28-37-17-38-47(37)51(69)48(38)63-75-29-32-16-34-21-42(68(27-31-9-10-31)53(34)60-24-32)55-62-39-18-35(22-45(72-3)49(39)65(55)2)56(70)66-14-15-74-44-11-13-58-25-43(44)66/h5-6,12,16,18-24,30-31,37-38,43-44,47,51,58H,7-11,13-15,17,25-29H2,1-4H3/b63-48+/t37-,38?,43-,44+,47+,51+/m1/s1. The molecule has 3 saturated heterocycles. The summed E-state index contributed by atoms with van der Waals surface area (Å²) in [5.74, 6) is 5.13. The summed E-state index contributed by atoms with van der Waals surface area (Å²) in [5, 5.41) is 10.3. The smallest absolute Gasteiger partial charge is 0.254 e. The van der Waals surface area contributed by atoms with Gasteiger partial charge in [-0.2, -0.15) is 0 Å². The number of pyridine rings is 2. The van der Waals surface area contributed by atoms with Gasteiger partial charge in [0.1, 0.15) is 40.4 Å². The summed E-state index contributed by atoms with van der Waals surface area (Å²) in [6.07, 6.45) is 10.5. The summed E-state index contributed by atoms with van der Waals surface area (Å²) < 4.78 is 26.8. The zero-order valence-corrected chi connectivity index (χ0v) is 42.7. The number of amides is 2. The molecule has 15 rings (SSSR count). The minimum Gasteiger partial charge on any atom is -0.494 e. The zero-order chi connectivity index (χ0) is 50.4. The van der Waals surface area contributed by atoms with Crippen LogP contribution in [0.2, 0.25) is 0 Å². The molecule has 4 aliphatic carbocycles. The van der Waals surface area contributed by atoms with E-state index < -0.39 is 0 Å². The highest BCUT2D eigenvalue weighted by atomic mass is 16.6. The third kappa shape index (κ3) is 7.14. The van der Waals surface area contributed by atoms with E-state index in [0.29, 0.717) is 89.5 Å². The number of hydrogen-bond donors (Lipinski definition) is 1. The molecule has 18 nitrogen and oxygen atoms in total. The van der Waals surface area contributed by atoms with Gasteiger partial charge in [-0.05, 0) is 123 Å². The van der Waals surface area contributed by atoms with E-state index in [1.165, 1.54) is 25.7 Å². The lowest BCUT2D eigenvalue weighted by Gasteiger charge is -2.53. The van der Waals surface area contributed by atoms with E-state index in [1.807, 2.05) is 66.6 Å². The molecule has 75 heavy (non-hydrogen) atoms. The molecule has 1 unspecified atom stereocenters. The summed E-state index contributed by atoms with van der Waals surface area (Å²) >= 11 is 0. The third-order valence-electron chi connectivity index (χ3n) is 17.7. The van der Waals surface area contributed by atoms with Crippen molar-refractivity contribution in [2.75, 3.05) is 47.0 Å². The maximum Gasteiger partial charge on any atom is 0.254 e. The third-order valence-corrected chi connectivity index (χ3v) is 17.7. The Labute approximate surface area is 432 Å². The van der Waals surface area contributed by atoms with Crippen LogP contribution in [0.1, 0.15) is 64.8 Å². The van der Waals surface area contributed by atoms with Crippen molar-refractivity contribution in [3.05, 3.63) is 83.7 Å². The second-order valence-electron chi connectivity index (χ2n) is 22.3. The number of oxime groups is 1. The number of likely N-dealkylation sites (tertiary alicyclic amines) is 1. The molecule has 9 heterocycles. The normalized spacial score (nSPS) is 24.5. The van der Waals surface area contributed by atoms with E-state index in [-0.39, 0.29) is 36.6 Å². The SMILES string of the molecule is COc1cc(C(=O)N2CCO[C@H]3CCNC[C@H]32)cc2nc(-c3cc4cc(CO/N=C5\C6C[C@@H]7CN(C(=O)c8cc(OC)c9c(c8)nc(-c8cc%10cccnc%10n8CC8CC8)n9C)[C@H]5[C@H]67)cnc4n3CC3CC3)n(C)c12. The van der Waals surface area contributed by atoms with Crippen LogP contribution in [0.25, 0.3) is 67.2 Å². The molecule has 18 heteroatoms. The zero-order valence-electron chi connectivity index (χ0n) is 42.7. The van der Waals surface area contributed by atoms with Crippen LogP contribution in [0.3, 0.4) is 0 Å². The van der Waals surface area contributed by atoms with Crippen molar-refractivity contribution >= 4 is 61.7 Å². The first-order chi connectivity index (χ1) is 36.7. The van der Waals surface area contributed by atoms with Gasteiger partial charge in [-0.25, -0.2) is 19.9 Å². The lowest BCUT2D eigenvalue weighted by molar-refractivity contribution is -0.0699. The van der Waals surface area contributed by atoms with E-state index in [9.17, 15) is 9.59 Å². The van der Waals surface area contributed by atoms with E-state index in [1.54, 1.807) is 14.2 Å². The Morgan fingerprint density at radius 3 is 2.11 bits per heavy atom. The van der Waals surface area contributed by atoms with Gasteiger partial charge < -0.3 is 52.4 Å². The van der Waals surface area contributed by atoms with Gasteiger partial charge in [0.05, 0.1) is 67.1 Å². The number of benzene rings is 2. The van der Waals surface area contributed by atoms with Gasteiger partial charge in [0.15, 0.2) is 11.6 Å². The van der Waals surface area contributed by atoms with Crippen LogP contribution in [0.15, 0.2) is 72.1 Å². The predicted molar refractivity (Wildman–Crippen MR) is 282 cm³/mol. The fraction of sp³-hybridized carbons (Fsp3) is 0.456. The van der Waals surface area contributed by atoms with Crippen molar-refractivity contribution < 1.29 is 28.6 Å². The molecule has 6 aromatic heterocycles. The Hall–Kier alpha value is -7.31. The van der Waals surface area contributed by atoms with Gasteiger partial charge in [-0.15, -0.1) is 0 Å². The van der Waals surface area contributed by atoms with Crippen LogP contribution in [0.5, 0.6) is 11.5 Å². The van der Waals surface area contributed by atoms with Gasteiger partial charge in [0.25, 0.3) is 11.8 Å². The molecule has 3 aliphatic heterocycles. The number of carbonyl (C=O) groups is 2. The molecular weight excluding hydrogens is 949 g/mol. The van der Waals surface area contributed by atoms with Crippen LogP contribution in [-0.4, -0.2) is 131 Å². The number of aromatic nitrogens is 8. The Morgan fingerprint density at radius 1 is 0.787 bits per heavy atom. The van der Waals surface area contributed by atoms with Crippen molar-refractivity contribution in [1.29, 1.82) is 0 Å². The molecule has 0 radical (unpaired) electrons. The fourth-order valence-corrected chi connectivity index (χ4v) is 13.5. The van der Waals surface area contributed by atoms with Gasteiger partial charge in [-0.3, -0.25) is 9.59 Å². The van der Waals surface area contributed by atoms with Crippen LogP contribution < -0.4 is 14.8 Å². The van der Waals surface area contributed by atoms with Crippen LogP contribution in [0.4, 0.5) is 0 Å². The van der Waals surface area contributed by atoms with Crippen molar-refractivity contribution in [2.24, 2.45) is 48.8 Å². The first-order valence-electron chi connectivity index (χ1n) is 26.9. The molecule has 2 aromatic carbocycles. The number of morpholine rings is 1. The monoisotopic (exact) mass is 1010 g/mol. The molecule has 7 aliphatic rings. The average molecular weight is 1010 g/mol. The molecular formula is C57H60N12O6. The lowest BCUT2D eigenvalue weighted by Crippen LogP contribution is -2.62. The quantitative estimate of drug-likeness (QED) is 0.116. The fourth-order valence-electron chi connectivity index (χ4n) is 13.5. The van der Waals surface area contributed by atoms with Gasteiger partial charge >= 0.3 is 0 Å². The highest BCUT2D eigenvalue weighted by molar-refractivity contribution is 6.07. The van der Waals surface area contributed by atoms with Crippen molar-refractivity contribution in [2.45, 2.75) is 76.4 Å². The summed E-state index contributed by atoms with van der Waals surface area (Å²) in [6, 6.07) is 18.0. The summed E-state index contributed by atoms with van der Waals surface area (Å²) in [4.78, 5) is 59.3. The molecule has 384 valence electrons. The number of nitrogens with zero attached hydrogens (tertiary/aromatic N) is 11. The lowest BCUT2D eigenvalue weighted by atomic mass is 9.52. The predicted octanol–water partition coefficient (Wildman–Crippen LogP) is 7.20. The Morgan fingerprint density at radius 2 is 1.44 bits per heavy atom. The van der Waals surface area contributed by atoms with Crippen LogP contribution >= 0.6 is 0 Å². The van der Waals surface area contributed by atoms with Gasteiger partial charge in [0.2, 0.25) is 0 Å². The van der Waals surface area contributed by atoms with E-state index >= 15 is 0 Å². The number of rotatable bonds is 13. The number of carbonyl (C=O) groups excluding carboxylic acids is 2. The molecule has 0 bridgehead atoms. The van der Waals surface area contributed by atoms with Crippen molar-refractivity contribution in [1.82, 2.24) is 53.3 Å². The minimum atomic E-state index is -0.102. The molecule has 4 saturated carbocycles. The number of piperidine rings is 1. The molecule has 1 N–H and O–H groups in total. The maximum atomic E-state index is 14.7. The number of ether oxygens (including phenoxy) is 3. The second-order valence-corrected chi connectivity index (χ2v) is 22.3. The van der Waals surface area contributed by atoms with E-state index in [0.717, 1.165) is 99.9 Å². The highest BCUT2D eigenvalue weighted by Crippen LogP contribution is 2.59. The number of fused-ring (bicyclic) bond motifs is 5. The molecule has 2 amide bonds. The number of aryl methyl sites for hydroxylation is 2. The summed E-state index contributed by atoms with van der Waals surface area (Å²) in [5.41, 5.74) is 9.86. The van der Waals surface area contributed by atoms with E-state index in [2.05, 4.69) is 47.9 Å². The first-order valence-corrected chi connectivity index (χ1v) is 26.9. The molecule has 0 spiro atoms. The van der Waals surface area contributed by atoms with Gasteiger partial charge in [-0.1, -0.05) is 5.16 Å². The van der Waals surface area contributed by atoms with Gasteiger partial charge in [0, 0.05) is 92.6 Å². The Balaban J connectivity index is 0.689. The topological polar surface area (TPSA) is 173 Å². The average Bonchev–Trinajstić information content (AvgIpc) is 4.31. The number of hydrogen-bond acceptors (Lipinski definition) is 12. The summed E-state index contributed by atoms with van der Waals surface area (Å²) in [7, 11) is 7.33. The number of nitrogens with one attached hydrogen (secondary N) is 1. The number of methoxy groups -OCH3 is 2. The molecule has 7 fully saturated rings. The molecule has 8 aromatic rings. The van der Waals surface area contributed by atoms with Crippen LogP contribution in [0, 0.1) is 29.6 Å². The highest BCUT2D eigenvalue weighted by Gasteiger charge is 2.67. The Kier molecular flexibility index (Phi) is 10.3. The number of imidazole rings is 2. The summed E-state index contributed by atoms with van der Waals surface area (Å²) in [6.45, 7) is 5.35. The van der Waals surface area contributed by atoms with E-state index in [4.69, 9.17) is 44.1 Å². The first kappa shape index (κ1) is 45.1. The minimum absolute atomic E-state index is 0.0131. The maximum absolute atomic E-state index is 14.7. The Bertz CT molecular complexity index is 3710.